The van der Waals surface area contributed by atoms with Gasteiger partial charge in [-0.1, -0.05) is 0 Å². The largest absolute Gasteiger partial charge is 0.417 e. The first kappa shape index (κ1) is 21.2. The maximum Gasteiger partial charge on any atom is 0.417 e. The van der Waals surface area contributed by atoms with Gasteiger partial charge in [0.15, 0.2) is 29.7 Å². The van der Waals surface area contributed by atoms with Crippen LogP contribution in [0.4, 0.5) is 23.5 Å². The van der Waals surface area contributed by atoms with Gasteiger partial charge in [-0.25, -0.2) is 13.8 Å². The fourth-order valence-electron chi connectivity index (χ4n) is 3.18. The number of rotatable bonds is 4. The zero-order valence-corrected chi connectivity index (χ0v) is 14.7. The molecule has 1 unspecified atom stereocenters. The lowest BCUT2D eigenvalue weighted by Crippen LogP contribution is -2.44. The molecule has 0 aromatic carbocycles. The van der Waals surface area contributed by atoms with Gasteiger partial charge in [-0.15, -0.1) is 0 Å². The highest BCUT2D eigenvalue weighted by atomic mass is 19.4. The van der Waals surface area contributed by atoms with E-state index >= 15 is 0 Å². The highest BCUT2D eigenvalue weighted by Crippen LogP contribution is 2.37. The minimum atomic E-state index is -5.26. The molecule has 29 heavy (non-hydrogen) atoms. The van der Waals surface area contributed by atoms with Crippen LogP contribution in [-0.4, -0.2) is 71.2 Å². The van der Waals surface area contributed by atoms with E-state index in [-0.39, 0.29) is 0 Å². The Labute approximate surface area is 158 Å². The molecule has 3 heterocycles. The number of aliphatic hydroxyl groups excluding tert-OH is 3. The van der Waals surface area contributed by atoms with Gasteiger partial charge in [-0.05, 0) is 6.92 Å². The van der Waals surface area contributed by atoms with Gasteiger partial charge in [0.1, 0.15) is 12.2 Å². The first-order chi connectivity index (χ1) is 13.3. The number of nitrogens with zero attached hydrogens (tertiary/aromatic N) is 3. The second-order valence-corrected chi connectivity index (χ2v) is 6.65. The summed E-state index contributed by atoms with van der Waals surface area (Å²) in [6.07, 6.45) is -19.3. The third-order valence-corrected chi connectivity index (χ3v) is 4.41. The molecule has 2 aromatic heterocycles. The summed E-state index contributed by atoms with van der Waals surface area (Å²) in [4.78, 5) is 30.9. The van der Waals surface area contributed by atoms with Gasteiger partial charge in [0.25, 0.3) is 5.56 Å². The van der Waals surface area contributed by atoms with Gasteiger partial charge in [0.2, 0.25) is 5.95 Å². The van der Waals surface area contributed by atoms with Crippen LogP contribution in [0, 0.1) is 0 Å². The average Bonchev–Trinajstić information content (AvgIpc) is 3.01. The van der Waals surface area contributed by atoms with Crippen LogP contribution >= 0.6 is 0 Å². The topological polar surface area (TPSA) is 169 Å². The molecule has 0 radical (unpaired) electrons. The van der Waals surface area contributed by atoms with Crippen LogP contribution in [0.1, 0.15) is 13.2 Å². The summed E-state index contributed by atoms with van der Waals surface area (Å²) in [5, 5.41) is 29.0. The van der Waals surface area contributed by atoms with Gasteiger partial charge < -0.3 is 25.8 Å². The SMILES string of the molecule is CC(O)Cn1c(=O)n([C@@H]2O[C@H]([C@@H](O)C(F)(F)F)[C@H](F)[C@H]2O)c2nc(N)[nH]c(=O)c21. The zero-order valence-electron chi connectivity index (χ0n) is 14.7. The molecule has 0 bridgehead atoms. The Bertz CT molecular complexity index is 1030. The molecule has 0 spiro atoms. The number of nitrogen functional groups attached to an aromatic ring is 1. The van der Waals surface area contributed by atoms with E-state index in [0.29, 0.717) is 4.57 Å². The van der Waals surface area contributed by atoms with Crippen LogP contribution in [0.15, 0.2) is 9.59 Å². The molecule has 1 fully saturated rings. The Morgan fingerprint density at radius 2 is 1.97 bits per heavy atom. The summed E-state index contributed by atoms with van der Waals surface area (Å²) in [6.45, 7) is 0.871. The molecular formula is C14H17F4N5O6. The number of ether oxygens (including phenoxy) is 1. The van der Waals surface area contributed by atoms with E-state index in [9.17, 15) is 42.5 Å². The number of aliphatic hydroxyl groups is 3. The van der Waals surface area contributed by atoms with E-state index in [1.54, 1.807) is 0 Å². The molecule has 6 N–H and O–H groups in total. The van der Waals surface area contributed by atoms with Crippen LogP contribution in [0.25, 0.3) is 11.2 Å². The van der Waals surface area contributed by atoms with Crippen LogP contribution < -0.4 is 17.0 Å². The minimum absolute atomic E-state index is 0.420. The summed E-state index contributed by atoms with van der Waals surface area (Å²) in [5.74, 6) is -0.471. The number of aromatic nitrogens is 4. The van der Waals surface area contributed by atoms with E-state index < -0.39 is 77.9 Å². The standard InChI is InChI=1S/C14H17F4N5O6/c1-3(24)2-22-5-9(20-12(19)21-10(5)27)23(13(22)28)11-6(25)4(15)7(29-11)8(26)14(16,17)18/h3-4,6-8,11,24-26H,2H2,1H3,(H3,19,20,21,27)/t3?,4-,6-,7+,8-,11-/m1/s1. The van der Waals surface area contributed by atoms with E-state index in [1.807, 2.05) is 0 Å². The lowest BCUT2D eigenvalue weighted by Gasteiger charge is -2.22. The van der Waals surface area contributed by atoms with Crippen molar-refractivity contribution in [2.45, 2.75) is 56.5 Å². The quantitative estimate of drug-likeness (QED) is 0.362. The number of anilines is 1. The monoisotopic (exact) mass is 427 g/mol. The number of alkyl halides is 4. The third kappa shape index (κ3) is 3.50. The first-order valence-corrected chi connectivity index (χ1v) is 8.25. The number of fused-ring (bicyclic) bond motifs is 1. The maximum absolute atomic E-state index is 14.3. The summed E-state index contributed by atoms with van der Waals surface area (Å²) in [7, 11) is 0. The smallest absolute Gasteiger partial charge is 0.392 e. The first-order valence-electron chi connectivity index (χ1n) is 8.25. The Morgan fingerprint density at radius 3 is 2.52 bits per heavy atom. The fraction of sp³-hybridized carbons (Fsp3) is 0.643. The number of hydrogen-bond acceptors (Lipinski definition) is 8. The highest BCUT2D eigenvalue weighted by Gasteiger charge is 2.56. The summed E-state index contributed by atoms with van der Waals surface area (Å²) in [5.41, 5.74) is 2.48. The van der Waals surface area contributed by atoms with Gasteiger partial charge >= 0.3 is 11.9 Å². The molecule has 11 nitrogen and oxygen atoms in total. The zero-order chi connectivity index (χ0) is 21.8. The molecule has 2 aromatic rings. The molecular weight excluding hydrogens is 410 g/mol. The number of imidazole rings is 1. The maximum atomic E-state index is 14.3. The van der Waals surface area contributed by atoms with Crippen molar-refractivity contribution in [3.8, 4) is 0 Å². The molecule has 1 saturated heterocycles. The van der Waals surface area contributed by atoms with Crippen molar-refractivity contribution < 1.29 is 37.6 Å². The molecule has 15 heteroatoms. The van der Waals surface area contributed by atoms with E-state index in [1.165, 1.54) is 6.92 Å². The Morgan fingerprint density at radius 1 is 1.34 bits per heavy atom. The molecule has 0 amide bonds. The van der Waals surface area contributed by atoms with Gasteiger partial charge in [0, 0.05) is 0 Å². The number of aromatic amines is 1. The second-order valence-electron chi connectivity index (χ2n) is 6.65. The normalized spacial score (nSPS) is 27.4. The van der Waals surface area contributed by atoms with Crippen LogP contribution in [0.3, 0.4) is 0 Å². The molecule has 162 valence electrons. The van der Waals surface area contributed by atoms with Gasteiger partial charge in [-0.2, -0.15) is 18.2 Å². The van der Waals surface area contributed by atoms with Crippen molar-refractivity contribution in [2.24, 2.45) is 0 Å². The molecule has 0 aliphatic carbocycles. The summed E-state index contributed by atoms with van der Waals surface area (Å²) >= 11 is 0. The van der Waals surface area contributed by atoms with Gasteiger partial charge in [0.05, 0.1) is 12.6 Å². The molecule has 1 aliphatic heterocycles. The lowest BCUT2D eigenvalue weighted by atomic mass is 10.1. The van der Waals surface area contributed by atoms with Crippen molar-refractivity contribution in [1.29, 1.82) is 0 Å². The molecule has 0 saturated carbocycles. The number of hydrogen-bond donors (Lipinski definition) is 5. The van der Waals surface area contributed by atoms with E-state index in [2.05, 4.69) is 9.97 Å². The van der Waals surface area contributed by atoms with Crippen LogP contribution in [-0.2, 0) is 11.3 Å². The van der Waals surface area contributed by atoms with Crippen molar-refractivity contribution in [1.82, 2.24) is 19.1 Å². The van der Waals surface area contributed by atoms with E-state index in [4.69, 9.17) is 10.5 Å². The van der Waals surface area contributed by atoms with Gasteiger partial charge in [-0.3, -0.25) is 14.3 Å². The summed E-state index contributed by atoms with van der Waals surface area (Å²) < 4.78 is 58.6. The van der Waals surface area contributed by atoms with Crippen LogP contribution in [0.5, 0.6) is 0 Å². The highest BCUT2D eigenvalue weighted by molar-refractivity contribution is 5.71. The molecule has 3 rings (SSSR count). The predicted molar refractivity (Wildman–Crippen MR) is 87.6 cm³/mol. The molecule has 1 aliphatic rings. The average molecular weight is 427 g/mol. The third-order valence-electron chi connectivity index (χ3n) is 4.41. The predicted octanol–water partition coefficient (Wildman–Crippen LogP) is -1.63. The lowest BCUT2D eigenvalue weighted by molar-refractivity contribution is -0.241. The Balaban J connectivity index is 2.19. The Kier molecular flexibility index (Phi) is 5.18. The number of halogens is 4. The van der Waals surface area contributed by atoms with Crippen molar-refractivity contribution in [2.75, 3.05) is 5.73 Å². The molecule has 6 atom stereocenters. The van der Waals surface area contributed by atoms with Crippen molar-refractivity contribution in [3.63, 3.8) is 0 Å². The van der Waals surface area contributed by atoms with Crippen molar-refractivity contribution >= 4 is 17.1 Å². The fourth-order valence-corrected chi connectivity index (χ4v) is 3.18. The van der Waals surface area contributed by atoms with Crippen LogP contribution in [0.2, 0.25) is 0 Å². The number of H-pyrrole nitrogens is 1. The number of nitrogens with two attached hydrogens (primary N) is 1. The summed E-state index contributed by atoms with van der Waals surface area (Å²) in [6, 6.07) is 0. The number of nitrogens with one attached hydrogen (secondary N) is 1. The van der Waals surface area contributed by atoms with Crippen molar-refractivity contribution in [3.05, 3.63) is 20.8 Å². The minimum Gasteiger partial charge on any atom is -0.392 e. The van der Waals surface area contributed by atoms with E-state index in [0.717, 1.165) is 4.57 Å². The Hall–Kier alpha value is -2.49. The second kappa shape index (κ2) is 7.08.